The maximum Gasteiger partial charge on any atom is 0.317 e. The first kappa shape index (κ1) is 17.0. The van der Waals surface area contributed by atoms with Gasteiger partial charge >= 0.3 is 5.97 Å². The Balaban J connectivity index is 2.53. The molecule has 3 rings (SSSR count). The van der Waals surface area contributed by atoms with Gasteiger partial charge in [0.15, 0.2) is 28.8 Å². The van der Waals surface area contributed by atoms with Crippen LogP contribution in [0.1, 0.15) is 33.0 Å². The van der Waals surface area contributed by atoms with E-state index < -0.39 is 80.2 Å². The van der Waals surface area contributed by atoms with Gasteiger partial charge in [0.25, 0.3) is 0 Å². The zero-order chi connectivity index (χ0) is 19.5. The van der Waals surface area contributed by atoms with E-state index in [1.165, 1.54) is 0 Å². The van der Waals surface area contributed by atoms with Crippen LogP contribution in [0.4, 0.5) is 0 Å². The van der Waals surface area contributed by atoms with Gasteiger partial charge in [-0.25, -0.2) is 0 Å². The molecular weight excluding hydrogens is 352 g/mol. The first-order valence-electron chi connectivity index (χ1n) is 7.03. The van der Waals surface area contributed by atoms with Crippen molar-refractivity contribution in [2.75, 3.05) is 7.11 Å². The number of esters is 1. The molecule has 0 fully saturated rings. The largest absolute Gasteiger partial charge is 0.504 e. The quantitative estimate of drug-likeness (QED) is 0.213. The molecule has 0 radical (unpaired) electrons. The third kappa shape index (κ3) is 1.92. The molecule has 0 heterocycles. The number of aromatic hydroxyl groups is 7. The Morgan fingerprint density at radius 1 is 0.846 bits per heavy atom. The second kappa shape index (κ2) is 5.34. The third-order valence-corrected chi connectivity index (χ3v) is 4.21. The second-order valence-corrected chi connectivity index (χ2v) is 5.52. The van der Waals surface area contributed by atoms with Gasteiger partial charge < -0.3 is 40.5 Å². The van der Waals surface area contributed by atoms with Crippen molar-refractivity contribution in [3.63, 3.8) is 0 Å². The van der Waals surface area contributed by atoms with Crippen LogP contribution in [0.15, 0.2) is 6.07 Å². The molecule has 136 valence electrons. The van der Waals surface area contributed by atoms with E-state index in [1.807, 2.05) is 0 Å². The van der Waals surface area contributed by atoms with Crippen molar-refractivity contribution in [3.8, 4) is 40.2 Å². The fourth-order valence-electron chi connectivity index (χ4n) is 3.00. The molecule has 0 saturated heterocycles. The van der Waals surface area contributed by atoms with Gasteiger partial charge in [0.1, 0.15) is 5.92 Å². The van der Waals surface area contributed by atoms with Crippen molar-refractivity contribution < 1.29 is 50.1 Å². The maximum absolute atomic E-state index is 12.7. The lowest BCUT2D eigenvalue weighted by Gasteiger charge is -2.28. The number of carbonyl (C=O) groups excluding carboxylic acids is 2. The van der Waals surface area contributed by atoms with Crippen LogP contribution in [-0.2, 0) is 9.53 Å². The Hall–Kier alpha value is -3.82. The van der Waals surface area contributed by atoms with Crippen LogP contribution in [0.5, 0.6) is 40.2 Å². The average molecular weight is 364 g/mol. The minimum absolute atomic E-state index is 0.486. The number of fused-ring (bicyclic) bond motifs is 2. The van der Waals surface area contributed by atoms with Gasteiger partial charge in [0, 0.05) is 16.7 Å². The predicted molar refractivity (Wildman–Crippen MR) is 81.8 cm³/mol. The number of hydrogen-bond donors (Lipinski definition) is 7. The molecule has 26 heavy (non-hydrogen) atoms. The van der Waals surface area contributed by atoms with E-state index in [4.69, 9.17) is 0 Å². The summed E-state index contributed by atoms with van der Waals surface area (Å²) in [5.41, 5.74) is -2.36. The molecule has 7 N–H and O–H groups in total. The Kier molecular flexibility index (Phi) is 3.50. The smallest absolute Gasteiger partial charge is 0.317 e. The molecular formula is C16H12O10. The maximum atomic E-state index is 12.7. The summed E-state index contributed by atoms with van der Waals surface area (Å²) in [5, 5.41) is 69.1. The van der Waals surface area contributed by atoms with Gasteiger partial charge in [-0.05, 0) is 6.07 Å². The second-order valence-electron chi connectivity index (χ2n) is 5.52. The zero-order valence-corrected chi connectivity index (χ0v) is 13.0. The van der Waals surface area contributed by atoms with Crippen molar-refractivity contribution in [3.05, 3.63) is 28.3 Å². The van der Waals surface area contributed by atoms with Crippen molar-refractivity contribution in [1.82, 2.24) is 0 Å². The molecule has 0 amide bonds. The molecule has 0 saturated carbocycles. The molecule has 2 aromatic carbocycles. The number of phenols is 7. The molecule has 10 heteroatoms. The molecule has 2 aromatic rings. The van der Waals surface area contributed by atoms with E-state index in [0.717, 1.165) is 13.2 Å². The van der Waals surface area contributed by atoms with E-state index in [0.29, 0.717) is 0 Å². The summed E-state index contributed by atoms with van der Waals surface area (Å²) in [6, 6.07) is 0.742. The molecule has 0 aliphatic heterocycles. The highest BCUT2D eigenvalue weighted by Crippen LogP contribution is 2.56. The SMILES string of the molecule is COC(=O)C1c2c(cc(O)c(O)c2O)C(=O)c2c(O)c(O)c(O)c(O)c21. The highest BCUT2D eigenvalue weighted by molar-refractivity contribution is 6.18. The molecule has 0 aromatic heterocycles. The summed E-state index contributed by atoms with van der Waals surface area (Å²) in [4.78, 5) is 25.0. The molecule has 1 atom stereocenters. The molecule has 1 unspecified atom stereocenters. The Morgan fingerprint density at radius 2 is 1.38 bits per heavy atom. The van der Waals surface area contributed by atoms with E-state index in [1.54, 1.807) is 0 Å². The van der Waals surface area contributed by atoms with Crippen LogP contribution in [0.3, 0.4) is 0 Å². The molecule has 0 spiro atoms. The summed E-state index contributed by atoms with van der Waals surface area (Å²) >= 11 is 0. The number of ether oxygens (including phenoxy) is 1. The van der Waals surface area contributed by atoms with E-state index >= 15 is 0 Å². The lowest BCUT2D eigenvalue weighted by molar-refractivity contribution is -0.141. The zero-order valence-electron chi connectivity index (χ0n) is 13.0. The highest BCUT2D eigenvalue weighted by atomic mass is 16.5. The molecule has 1 aliphatic rings. The number of hydrogen-bond acceptors (Lipinski definition) is 10. The van der Waals surface area contributed by atoms with Gasteiger partial charge in [-0.3, -0.25) is 9.59 Å². The standard InChI is InChI=1S/C16H12O10/c1-26-16(25)7-5-3(2-4(17)10(19)11(5)20)9(18)8-6(7)12(21)14(23)15(24)13(8)22/h2,7,17,19-24H,1H3. The fourth-order valence-corrected chi connectivity index (χ4v) is 3.00. The van der Waals surface area contributed by atoms with Crippen LogP contribution < -0.4 is 0 Å². The van der Waals surface area contributed by atoms with Crippen LogP contribution in [0.2, 0.25) is 0 Å². The van der Waals surface area contributed by atoms with Crippen LogP contribution in [0, 0.1) is 0 Å². The number of phenolic OH excluding ortho intramolecular Hbond substituents is 7. The van der Waals surface area contributed by atoms with Gasteiger partial charge in [-0.15, -0.1) is 0 Å². The monoisotopic (exact) mass is 364 g/mol. The Morgan fingerprint density at radius 3 is 1.96 bits per heavy atom. The van der Waals surface area contributed by atoms with E-state index in [-0.39, 0.29) is 0 Å². The summed E-state index contributed by atoms with van der Waals surface area (Å²) in [6.07, 6.45) is 0. The summed E-state index contributed by atoms with van der Waals surface area (Å²) < 4.78 is 4.59. The average Bonchev–Trinajstić information content (AvgIpc) is 2.62. The van der Waals surface area contributed by atoms with Crippen molar-refractivity contribution in [2.24, 2.45) is 0 Å². The lowest BCUT2D eigenvalue weighted by atomic mass is 9.75. The van der Waals surface area contributed by atoms with Gasteiger partial charge in [0.05, 0.1) is 12.7 Å². The third-order valence-electron chi connectivity index (χ3n) is 4.21. The molecule has 1 aliphatic carbocycles. The highest BCUT2D eigenvalue weighted by Gasteiger charge is 2.45. The number of carbonyl (C=O) groups is 2. The first-order chi connectivity index (χ1) is 12.1. The van der Waals surface area contributed by atoms with E-state index in [2.05, 4.69) is 4.74 Å². The minimum Gasteiger partial charge on any atom is -0.504 e. The van der Waals surface area contributed by atoms with Crippen molar-refractivity contribution in [1.29, 1.82) is 0 Å². The first-order valence-corrected chi connectivity index (χ1v) is 7.03. The van der Waals surface area contributed by atoms with Crippen molar-refractivity contribution >= 4 is 11.8 Å². The van der Waals surface area contributed by atoms with Crippen LogP contribution >= 0.6 is 0 Å². The normalized spacial score (nSPS) is 15.3. The number of rotatable bonds is 1. The van der Waals surface area contributed by atoms with Gasteiger partial charge in [-0.1, -0.05) is 0 Å². The lowest BCUT2D eigenvalue weighted by Crippen LogP contribution is -2.26. The Labute approximate surface area is 144 Å². The molecule has 10 nitrogen and oxygen atoms in total. The van der Waals surface area contributed by atoms with Gasteiger partial charge in [0.2, 0.25) is 17.2 Å². The fraction of sp³-hybridized carbons (Fsp3) is 0.125. The number of benzene rings is 2. The summed E-state index contributed by atoms with van der Waals surface area (Å²) in [5.74, 6) is -11.5. The van der Waals surface area contributed by atoms with Crippen LogP contribution in [0.25, 0.3) is 0 Å². The Bertz CT molecular complexity index is 992. The van der Waals surface area contributed by atoms with E-state index in [9.17, 15) is 45.3 Å². The molecule has 0 bridgehead atoms. The van der Waals surface area contributed by atoms with Gasteiger partial charge in [-0.2, -0.15) is 0 Å². The topological polar surface area (TPSA) is 185 Å². The summed E-state index contributed by atoms with van der Waals surface area (Å²) in [7, 11) is 0.965. The number of ketones is 1. The minimum atomic E-state index is -1.76. The predicted octanol–water partition coefficient (Wildman–Crippen LogP) is 0.475. The van der Waals surface area contributed by atoms with Crippen LogP contribution in [-0.4, -0.2) is 54.6 Å². The summed E-state index contributed by atoms with van der Waals surface area (Å²) in [6.45, 7) is 0. The number of methoxy groups -OCH3 is 1. The van der Waals surface area contributed by atoms with Crippen molar-refractivity contribution in [2.45, 2.75) is 5.92 Å².